The molecule has 0 aliphatic heterocycles. The summed E-state index contributed by atoms with van der Waals surface area (Å²) in [7, 11) is 0. The monoisotopic (exact) mass is 327 g/mol. The summed E-state index contributed by atoms with van der Waals surface area (Å²) in [4.78, 5) is 16.3. The van der Waals surface area contributed by atoms with E-state index < -0.39 is 0 Å². The summed E-state index contributed by atoms with van der Waals surface area (Å²) in [6, 6.07) is 7.56. The van der Waals surface area contributed by atoms with Crippen LogP contribution in [0.5, 0.6) is 0 Å². The number of benzene rings is 1. The maximum atomic E-state index is 12.0. The molecule has 1 heterocycles. The van der Waals surface area contributed by atoms with Gasteiger partial charge in [-0.1, -0.05) is 25.7 Å². The molecule has 1 fully saturated rings. The number of hydrogen-bond donors (Lipinski definition) is 3. The lowest BCUT2D eigenvalue weighted by Crippen LogP contribution is -2.11. The molecule has 1 saturated carbocycles. The number of nitrogens with two attached hydrogens (primary N) is 1. The molecule has 1 amide bonds. The lowest BCUT2D eigenvalue weighted by atomic mass is 10.0. The molecule has 6 nitrogen and oxygen atoms in total. The van der Waals surface area contributed by atoms with Crippen LogP contribution >= 0.6 is 0 Å². The Morgan fingerprint density at radius 3 is 2.67 bits per heavy atom. The Labute approximate surface area is 142 Å². The molecule has 4 N–H and O–H groups in total. The highest BCUT2D eigenvalue weighted by molar-refractivity contribution is 5.90. The third-order valence-corrected chi connectivity index (χ3v) is 4.64. The van der Waals surface area contributed by atoms with Crippen molar-refractivity contribution in [3.05, 3.63) is 30.1 Å². The summed E-state index contributed by atoms with van der Waals surface area (Å²) < 4.78 is 0. The summed E-state index contributed by atoms with van der Waals surface area (Å²) >= 11 is 0. The summed E-state index contributed by atoms with van der Waals surface area (Å²) in [5, 5.41) is 9.87. The zero-order valence-corrected chi connectivity index (χ0v) is 13.9. The van der Waals surface area contributed by atoms with Crippen LogP contribution in [0.4, 0.5) is 5.69 Å². The Morgan fingerprint density at radius 1 is 1.25 bits per heavy atom. The molecule has 0 bridgehead atoms. The van der Waals surface area contributed by atoms with E-state index in [0.717, 1.165) is 23.6 Å². The van der Waals surface area contributed by atoms with Gasteiger partial charge in [0.25, 0.3) is 0 Å². The minimum absolute atomic E-state index is 0.0871. The number of hydrogen-bond acceptors (Lipinski definition) is 4. The standard InChI is InChI=1S/C18H25N5O/c19-12-16-21-18(23-22-16)14-8-10-15(11-9-14)20-17(24)7-3-6-13-4-1-2-5-13/h8-11,13H,1-7,12,19H2,(H,20,24)(H,21,22,23). The van der Waals surface area contributed by atoms with Gasteiger partial charge in [0.1, 0.15) is 5.82 Å². The average molecular weight is 327 g/mol. The normalized spacial score (nSPS) is 14.9. The lowest BCUT2D eigenvalue weighted by Gasteiger charge is -2.09. The molecule has 1 aliphatic rings. The minimum Gasteiger partial charge on any atom is -0.326 e. The number of nitrogens with zero attached hydrogens (tertiary/aromatic N) is 2. The third-order valence-electron chi connectivity index (χ3n) is 4.64. The van der Waals surface area contributed by atoms with Gasteiger partial charge < -0.3 is 11.1 Å². The molecule has 1 aromatic heterocycles. The van der Waals surface area contributed by atoms with Crippen molar-refractivity contribution in [1.29, 1.82) is 0 Å². The summed E-state index contributed by atoms with van der Waals surface area (Å²) in [5.41, 5.74) is 7.22. The zero-order chi connectivity index (χ0) is 16.8. The summed E-state index contributed by atoms with van der Waals surface area (Å²) in [6.45, 7) is 0.335. The molecular formula is C18H25N5O. The van der Waals surface area contributed by atoms with Gasteiger partial charge in [0, 0.05) is 17.7 Å². The van der Waals surface area contributed by atoms with E-state index >= 15 is 0 Å². The van der Waals surface area contributed by atoms with Crippen molar-refractivity contribution in [1.82, 2.24) is 15.2 Å². The number of H-pyrrole nitrogens is 1. The van der Waals surface area contributed by atoms with Gasteiger partial charge in [-0.25, -0.2) is 4.98 Å². The predicted molar refractivity (Wildman–Crippen MR) is 94.1 cm³/mol. The molecule has 6 heteroatoms. The minimum atomic E-state index is 0.0871. The topological polar surface area (TPSA) is 96.7 Å². The molecule has 0 saturated heterocycles. The fraction of sp³-hybridized carbons (Fsp3) is 0.500. The molecule has 24 heavy (non-hydrogen) atoms. The average Bonchev–Trinajstić information content (AvgIpc) is 3.27. The van der Waals surface area contributed by atoms with Gasteiger partial charge in [-0.2, -0.15) is 5.10 Å². The first-order valence-corrected chi connectivity index (χ1v) is 8.76. The van der Waals surface area contributed by atoms with Crippen LogP contribution in [0.3, 0.4) is 0 Å². The number of carbonyl (C=O) groups excluding carboxylic acids is 1. The van der Waals surface area contributed by atoms with Crippen molar-refractivity contribution in [3.63, 3.8) is 0 Å². The first kappa shape index (κ1) is 16.6. The van der Waals surface area contributed by atoms with Crippen molar-refractivity contribution in [2.75, 3.05) is 5.32 Å². The van der Waals surface area contributed by atoms with E-state index in [4.69, 9.17) is 5.73 Å². The van der Waals surface area contributed by atoms with Gasteiger partial charge >= 0.3 is 0 Å². The SMILES string of the molecule is NCc1nc(-c2ccc(NC(=O)CCCC3CCCC3)cc2)n[nH]1. The Balaban J connectivity index is 1.47. The highest BCUT2D eigenvalue weighted by Gasteiger charge is 2.15. The van der Waals surface area contributed by atoms with Crippen LogP contribution < -0.4 is 11.1 Å². The van der Waals surface area contributed by atoms with Crippen LogP contribution in [0.15, 0.2) is 24.3 Å². The third kappa shape index (κ3) is 4.41. The molecule has 0 radical (unpaired) electrons. The van der Waals surface area contributed by atoms with Crippen molar-refractivity contribution in [2.45, 2.75) is 51.5 Å². The van der Waals surface area contributed by atoms with Crippen LogP contribution in [0, 0.1) is 5.92 Å². The van der Waals surface area contributed by atoms with Crippen LogP contribution in [0.25, 0.3) is 11.4 Å². The molecule has 1 aliphatic carbocycles. The Hall–Kier alpha value is -2.21. The van der Waals surface area contributed by atoms with Crippen molar-refractivity contribution < 1.29 is 4.79 Å². The van der Waals surface area contributed by atoms with Gasteiger partial charge in [-0.05, 0) is 43.0 Å². The fourth-order valence-electron chi connectivity index (χ4n) is 3.29. The second-order valence-corrected chi connectivity index (χ2v) is 6.48. The van der Waals surface area contributed by atoms with Gasteiger partial charge in [-0.15, -0.1) is 0 Å². The molecule has 0 unspecified atom stereocenters. The smallest absolute Gasteiger partial charge is 0.224 e. The quantitative estimate of drug-likeness (QED) is 0.727. The van der Waals surface area contributed by atoms with Gasteiger partial charge in [0.15, 0.2) is 5.82 Å². The fourth-order valence-corrected chi connectivity index (χ4v) is 3.29. The number of carbonyl (C=O) groups is 1. The Bertz CT molecular complexity index is 658. The van der Waals surface area contributed by atoms with E-state index in [1.807, 2.05) is 24.3 Å². The highest BCUT2D eigenvalue weighted by atomic mass is 16.1. The van der Waals surface area contributed by atoms with Crippen molar-refractivity contribution in [2.24, 2.45) is 11.7 Å². The van der Waals surface area contributed by atoms with E-state index in [9.17, 15) is 4.79 Å². The molecule has 128 valence electrons. The largest absolute Gasteiger partial charge is 0.326 e. The highest BCUT2D eigenvalue weighted by Crippen LogP contribution is 2.29. The van der Waals surface area contributed by atoms with Gasteiger partial charge in [0.2, 0.25) is 5.91 Å². The first-order chi connectivity index (χ1) is 11.7. The predicted octanol–water partition coefficient (Wildman–Crippen LogP) is 3.23. The molecule has 1 aromatic carbocycles. The van der Waals surface area contributed by atoms with E-state index in [2.05, 4.69) is 20.5 Å². The van der Waals surface area contributed by atoms with Crippen LogP contribution in [-0.4, -0.2) is 21.1 Å². The second-order valence-electron chi connectivity index (χ2n) is 6.48. The van der Waals surface area contributed by atoms with Crippen LogP contribution in [-0.2, 0) is 11.3 Å². The first-order valence-electron chi connectivity index (χ1n) is 8.76. The van der Waals surface area contributed by atoms with E-state index in [1.54, 1.807) is 0 Å². The molecule has 3 rings (SSSR count). The van der Waals surface area contributed by atoms with E-state index in [1.165, 1.54) is 32.1 Å². The summed E-state index contributed by atoms with van der Waals surface area (Å²) in [5.74, 6) is 2.20. The number of nitrogens with one attached hydrogen (secondary N) is 2. The summed E-state index contributed by atoms with van der Waals surface area (Å²) in [6.07, 6.45) is 8.17. The van der Waals surface area contributed by atoms with E-state index in [0.29, 0.717) is 24.6 Å². The molecule has 0 atom stereocenters. The van der Waals surface area contributed by atoms with Crippen molar-refractivity contribution in [3.8, 4) is 11.4 Å². The van der Waals surface area contributed by atoms with Crippen LogP contribution in [0.2, 0.25) is 0 Å². The maximum absolute atomic E-state index is 12.0. The number of anilines is 1. The van der Waals surface area contributed by atoms with Crippen LogP contribution in [0.1, 0.15) is 50.8 Å². The zero-order valence-electron chi connectivity index (χ0n) is 13.9. The number of rotatable bonds is 7. The molecule has 2 aromatic rings. The maximum Gasteiger partial charge on any atom is 0.224 e. The molecular weight excluding hydrogens is 302 g/mol. The Kier molecular flexibility index (Phi) is 5.59. The van der Waals surface area contributed by atoms with Gasteiger partial charge in [0.05, 0.1) is 6.54 Å². The number of aromatic amines is 1. The number of amides is 1. The second kappa shape index (κ2) is 8.06. The Morgan fingerprint density at radius 2 is 2.00 bits per heavy atom. The lowest BCUT2D eigenvalue weighted by molar-refractivity contribution is -0.116. The molecule has 0 spiro atoms. The van der Waals surface area contributed by atoms with Gasteiger partial charge in [-0.3, -0.25) is 9.89 Å². The van der Waals surface area contributed by atoms with E-state index in [-0.39, 0.29) is 5.91 Å². The van der Waals surface area contributed by atoms with Crippen molar-refractivity contribution >= 4 is 11.6 Å². The number of aromatic nitrogens is 3.